The molecule has 0 amide bonds. The molecular formula is C15H13ClF3NO. The van der Waals surface area contributed by atoms with Crippen LogP contribution in [-0.2, 0) is 19.3 Å². The zero-order valence-corrected chi connectivity index (χ0v) is 11.7. The Kier molecular flexibility index (Phi) is 4.75. The molecule has 0 saturated carbocycles. The van der Waals surface area contributed by atoms with Crippen LogP contribution < -0.4 is 10.5 Å². The van der Waals surface area contributed by atoms with Crippen LogP contribution in [0.2, 0.25) is 5.02 Å². The molecule has 2 aromatic rings. The average Bonchev–Trinajstić information content (AvgIpc) is 2.45. The van der Waals surface area contributed by atoms with Crippen LogP contribution in [0.15, 0.2) is 42.5 Å². The van der Waals surface area contributed by atoms with Crippen LogP contribution in [0.1, 0.15) is 16.7 Å². The number of halogens is 4. The Morgan fingerprint density at radius 2 is 1.86 bits per heavy atom. The second-order valence-electron chi connectivity index (χ2n) is 4.44. The van der Waals surface area contributed by atoms with E-state index in [4.69, 9.17) is 22.1 Å². The Labute approximate surface area is 125 Å². The average molecular weight is 316 g/mol. The van der Waals surface area contributed by atoms with Gasteiger partial charge in [0, 0.05) is 17.1 Å². The van der Waals surface area contributed by atoms with E-state index in [0.29, 0.717) is 16.3 Å². The fourth-order valence-corrected chi connectivity index (χ4v) is 1.99. The molecule has 0 fully saturated rings. The van der Waals surface area contributed by atoms with E-state index < -0.39 is 11.7 Å². The van der Waals surface area contributed by atoms with Gasteiger partial charge in [-0.3, -0.25) is 0 Å². The van der Waals surface area contributed by atoms with Crippen LogP contribution in [0, 0.1) is 0 Å². The number of alkyl halides is 3. The summed E-state index contributed by atoms with van der Waals surface area (Å²) >= 11 is 5.87. The number of rotatable bonds is 4. The predicted molar refractivity (Wildman–Crippen MR) is 75.1 cm³/mol. The number of hydrogen-bond donors (Lipinski definition) is 1. The fourth-order valence-electron chi connectivity index (χ4n) is 1.83. The molecule has 2 aromatic carbocycles. The van der Waals surface area contributed by atoms with Crippen molar-refractivity contribution in [2.75, 3.05) is 0 Å². The van der Waals surface area contributed by atoms with Gasteiger partial charge in [-0.2, -0.15) is 13.2 Å². The Balaban J connectivity index is 2.15. The smallest absolute Gasteiger partial charge is 0.416 e. The van der Waals surface area contributed by atoms with Gasteiger partial charge >= 0.3 is 6.18 Å². The number of benzene rings is 2. The summed E-state index contributed by atoms with van der Waals surface area (Å²) in [7, 11) is 0. The first kappa shape index (κ1) is 15.7. The highest BCUT2D eigenvalue weighted by atomic mass is 35.5. The van der Waals surface area contributed by atoms with E-state index in [0.717, 1.165) is 17.7 Å². The van der Waals surface area contributed by atoms with E-state index in [9.17, 15) is 13.2 Å². The quantitative estimate of drug-likeness (QED) is 0.907. The van der Waals surface area contributed by atoms with Crippen LogP contribution >= 0.6 is 11.6 Å². The Morgan fingerprint density at radius 3 is 2.52 bits per heavy atom. The van der Waals surface area contributed by atoms with Crippen molar-refractivity contribution >= 4 is 11.6 Å². The van der Waals surface area contributed by atoms with Crippen molar-refractivity contribution in [3.05, 3.63) is 64.2 Å². The molecule has 0 heterocycles. The zero-order valence-electron chi connectivity index (χ0n) is 11.0. The highest BCUT2D eigenvalue weighted by molar-refractivity contribution is 6.30. The lowest BCUT2D eigenvalue weighted by molar-refractivity contribution is -0.137. The van der Waals surface area contributed by atoms with Gasteiger partial charge < -0.3 is 10.5 Å². The van der Waals surface area contributed by atoms with Crippen molar-refractivity contribution < 1.29 is 17.9 Å². The Bertz CT molecular complexity index is 629. The molecule has 0 aliphatic rings. The first-order valence-electron chi connectivity index (χ1n) is 6.17. The van der Waals surface area contributed by atoms with Crippen molar-refractivity contribution in [2.45, 2.75) is 19.3 Å². The van der Waals surface area contributed by atoms with E-state index in [-0.39, 0.29) is 13.2 Å². The molecular weight excluding hydrogens is 303 g/mol. The maximum absolute atomic E-state index is 12.6. The number of hydrogen-bond acceptors (Lipinski definition) is 2. The van der Waals surface area contributed by atoms with Gasteiger partial charge in [-0.05, 0) is 29.8 Å². The summed E-state index contributed by atoms with van der Waals surface area (Å²) in [6.07, 6.45) is -4.37. The van der Waals surface area contributed by atoms with Crippen molar-refractivity contribution in [2.24, 2.45) is 5.73 Å². The summed E-state index contributed by atoms with van der Waals surface area (Å²) in [5.41, 5.74) is 6.04. The van der Waals surface area contributed by atoms with Gasteiger partial charge in [-0.25, -0.2) is 0 Å². The number of nitrogens with two attached hydrogens (primary N) is 1. The van der Waals surface area contributed by atoms with Gasteiger partial charge in [0.15, 0.2) is 0 Å². The van der Waals surface area contributed by atoms with Crippen molar-refractivity contribution in [1.82, 2.24) is 0 Å². The minimum Gasteiger partial charge on any atom is -0.489 e. The highest BCUT2D eigenvalue weighted by Crippen LogP contribution is 2.30. The first-order valence-corrected chi connectivity index (χ1v) is 6.55. The van der Waals surface area contributed by atoms with Crippen molar-refractivity contribution in [1.29, 1.82) is 0 Å². The molecule has 0 aromatic heterocycles. The molecule has 0 aliphatic carbocycles. The van der Waals surface area contributed by atoms with Crippen LogP contribution in [0.25, 0.3) is 0 Å². The van der Waals surface area contributed by atoms with Crippen LogP contribution in [0.3, 0.4) is 0 Å². The third-order valence-corrected chi connectivity index (χ3v) is 3.13. The standard InChI is InChI=1S/C15H13ClF3NO/c16-13-5-4-11(8-20)14(7-13)21-9-10-2-1-3-12(6-10)15(17,18)19/h1-7H,8-9,20H2. The lowest BCUT2D eigenvalue weighted by Gasteiger charge is -2.12. The number of ether oxygens (including phenoxy) is 1. The maximum Gasteiger partial charge on any atom is 0.416 e. The molecule has 0 saturated heterocycles. The fraction of sp³-hybridized carbons (Fsp3) is 0.200. The van der Waals surface area contributed by atoms with E-state index >= 15 is 0 Å². The molecule has 6 heteroatoms. The molecule has 0 radical (unpaired) electrons. The van der Waals surface area contributed by atoms with Crippen LogP contribution in [-0.4, -0.2) is 0 Å². The summed E-state index contributed by atoms with van der Waals surface area (Å²) in [6, 6.07) is 10.0. The summed E-state index contributed by atoms with van der Waals surface area (Å²) in [4.78, 5) is 0. The van der Waals surface area contributed by atoms with Gasteiger partial charge in [-0.1, -0.05) is 29.8 Å². The molecule has 0 bridgehead atoms. The predicted octanol–water partition coefficient (Wildman–Crippen LogP) is 4.40. The normalized spacial score (nSPS) is 11.5. The molecule has 2 N–H and O–H groups in total. The van der Waals surface area contributed by atoms with Crippen LogP contribution in [0.5, 0.6) is 5.75 Å². The van der Waals surface area contributed by atoms with Crippen molar-refractivity contribution in [3.63, 3.8) is 0 Å². The SMILES string of the molecule is NCc1ccc(Cl)cc1OCc1cccc(C(F)(F)F)c1. The summed E-state index contributed by atoms with van der Waals surface area (Å²) < 4.78 is 43.4. The van der Waals surface area contributed by atoms with Gasteiger partial charge in [0.2, 0.25) is 0 Å². The first-order chi connectivity index (χ1) is 9.90. The molecule has 21 heavy (non-hydrogen) atoms. The Morgan fingerprint density at radius 1 is 1.10 bits per heavy atom. The minimum absolute atomic E-state index is 0.0112. The molecule has 2 nitrogen and oxygen atoms in total. The van der Waals surface area contributed by atoms with E-state index in [1.54, 1.807) is 24.3 Å². The maximum atomic E-state index is 12.6. The van der Waals surface area contributed by atoms with Crippen LogP contribution in [0.4, 0.5) is 13.2 Å². The van der Waals surface area contributed by atoms with Gasteiger partial charge in [-0.15, -0.1) is 0 Å². The minimum atomic E-state index is -4.37. The lowest BCUT2D eigenvalue weighted by atomic mass is 10.1. The monoisotopic (exact) mass is 315 g/mol. The summed E-state index contributed by atoms with van der Waals surface area (Å²) in [5.74, 6) is 0.474. The van der Waals surface area contributed by atoms with E-state index in [1.165, 1.54) is 6.07 Å². The topological polar surface area (TPSA) is 35.2 Å². The largest absolute Gasteiger partial charge is 0.489 e. The lowest BCUT2D eigenvalue weighted by Crippen LogP contribution is -2.07. The highest BCUT2D eigenvalue weighted by Gasteiger charge is 2.30. The van der Waals surface area contributed by atoms with Gasteiger partial charge in [0.05, 0.1) is 5.56 Å². The summed E-state index contributed by atoms with van der Waals surface area (Å²) in [5, 5.41) is 0.478. The van der Waals surface area contributed by atoms with Gasteiger partial charge in [0.25, 0.3) is 0 Å². The van der Waals surface area contributed by atoms with E-state index in [1.807, 2.05) is 0 Å². The molecule has 0 aliphatic heterocycles. The van der Waals surface area contributed by atoms with Gasteiger partial charge in [0.1, 0.15) is 12.4 Å². The molecule has 0 atom stereocenters. The third kappa shape index (κ3) is 4.12. The van der Waals surface area contributed by atoms with Crippen molar-refractivity contribution in [3.8, 4) is 5.75 Å². The zero-order chi connectivity index (χ0) is 15.5. The Hall–Kier alpha value is -1.72. The second kappa shape index (κ2) is 6.37. The molecule has 112 valence electrons. The summed E-state index contributed by atoms with van der Waals surface area (Å²) in [6.45, 7) is 0.270. The van der Waals surface area contributed by atoms with E-state index in [2.05, 4.69) is 0 Å². The second-order valence-corrected chi connectivity index (χ2v) is 4.88. The molecule has 2 rings (SSSR count). The molecule has 0 spiro atoms. The molecule has 0 unspecified atom stereocenters. The third-order valence-electron chi connectivity index (χ3n) is 2.90.